The van der Waals surface area contributed by atoms with E-state index < -0.39 is 17.7 Å². The summed E-state index contributed by atoms with van der Waals surface area (Å²) in [5.74, 6) is -2.17. The summed E-state index contributed by atoms with van der Waals surface area (Å²) in [5.41, 5.74) is 6.12. The Morgan fingerprint density at radius 3 is 2.70 bits per heavy atom. The number of hydrogen-bond acceptors (Lipinski definition) is 3. The van der Waals surface area contributed by atoms with Gasteiger partial charge in [0.15, 0.2) is 11.6 Å². The number of carbonyl (C=O) groups is 1. The lowest BCUT2D eigenvalue weighted by Gasteiger charge is -2.13. The Hall–Kier alpha value is -1.47. The van der Waals surface area contributed by atoms with E-state index in [1.165, 1.54) is 6.07 Å². The first kappa shape index (κ1) is 19.6. The maximum Gasteiger partial charge on any atom is 0.236 e. The third-order valence-electron chi connectivity index (χ3n) is 3.49. The van der Waals surface area contributed by atoms with Crippen LogP contribution in [0.2, 0.25) is 0 Å². The minimum absolute atomic E-state index is 0.167. The van der Waals surface area contributed by atoms with E-state index in [9.17, 15) is 13.6 Å². The Kier molecular flexibility index (Phi) is 8.80. The van der Waals surface area contributed by atoms with Crippen LogP contribution in [0.1, 0.15) is 38.2 Å². The average molecular weight is 323 g/mol. The van der Waals surface area contributed by atoms with Crippen molar-refractivity contribution < 1.29 is 13.6 Å². The molecule has 1 aromatic carbocycles. The molecule has 1 atom stereocenters. The average Bonchev–Trinajstić information content (AvgIpc) is 2.52. The van der Waals surface area contributed by atoms with Crippen molar-refractivity contribution >= 4 is 19.2 Å². The van der Waals surface area contributed by atoms with Crippen LogP contribution in [-0.4, -0.2) is 32.9 Å². The highest BCUT2D eigenvalue weighted by atomic mass is 19.2. The van der Waals surface area contributed by atoms with Gasteiger partial charge >= 0.3 is 0 Å². The van der Waals surface area contributed by atoms with Gasteiger partial charge in [0.25, 0.3) is 0 Å². The van der Waals surface area contributed by atoms with E-state index in [1.807, 2.05) is 0 Å². The zero-order chi connectivity index (χ0) is 17.2. The highest BCUT2D eigenvalue weighted by Crippen LogP contribution is 2.06. The second-order valence-electron chi connectivity index (χ2n) is 5.55. The van der Waals surface area contributed by atoms with Crippen LogP contribution in [0.3, 0.4) is 0 Å². The first-order valence-electron chi connectivity index (χ1n) is 7.93. The van der Waals surface area contributed by atoms with Gasteiger partial charge in [0.1, 0.15) is 7.85 Å². The van der Waals surface area contributed by atoms with Crippen molar-refractivity contribution in [3.8, 4) is 0 Å². The Morgan fingerprint density at radius 2 is 2.04 bits per heavy atom. The zero-order valence-corrected chi connectivity index (χ0v) is 13.5. The molecule has 0 saturated heterocycles. The van der Waals surface area contributed by atoms with Crippen LogP contribution in [0, 0.1) is 11.6 Å². The summed E-state index contributed by atoms with van der Waals surface area (Å²) >= 11 is 0. The highest BCUT2D eigenvalue weighted by Gasteiger charge is 2.12. The Labute approximate surface area is 137 Å². The number of amides is 1. The van der Waals surface area contributed by atoms with E-state index in [4.69, 9.17) is 13.6 Å². The molecule has 0 fully saturated rings. The van der Waals surface area contributed by atoms with Gasteiger partial charge in [0, 0.05) is 13.1 Å². The summed E-state index contributed by atoms with van der Waals surface area (Å²) in [7, 11) is 5.37. The number of nitrogens with one attached hydrogen (secondary N) is 2. The van der Waals surface area contributed by atoms with E-state index in [0.717, 1.165) is 25.3 Å². The number of carbonyl (C=O) groups excluding carboxylic acids is 1. The summed E-state index contributed by atoms with van der Waals surface area (Å²) in [5, 5.41) is 5.83. The quantitative estimate of drug-likeness (QED) is 0.442. The van der Waals surface area contributed by atoms with Crippen LogP contribution < -0.4 is 21.8 Å². The summed E-state index contributed by atoms with van der Waals surface area (Å²) in [6, 6.07) is 1.89. The Bertz CT molecular complexity index is 491. The largest absolute Gasteiger partial charge is 0.355 e. The number of hydrogen-bond donors (Lipinski definition) is 3. The van der Waals surface area contributed by atoms with Crippen molar-refractivity contribution in [1.29, 1.82) is 0 Å². The normalized spacial score (nSPS) is 12.2. The molecule has 1 amide bonds. The van der Waals surface area contributed by atoms with Gasteiger partial charge < -0.3 is 16.4 Å². The fourth-order valence-corrected chi connectivity index (χ4v) is 2.11. The number of unbranched alkanes of at least 4 members (excludes halogenated alkanes) is 2. The number of benzene rings is 1. The molecule has 1 rings (SSSR count). The van der Waals surface area contributed by atoms with Crippen molar-refractivity contribution in [3.63, 3.8) is 0 Å². The molecule has 0 aliphatic rings. The van der Waals surface area contributed by atoms with Gasteiger partial charge in [0.05, 0.1) is 6.04 Å². The van der Waals surface area contributed by atoms with Crippen LogP contribution in [0.15, 0.2) is 12.1 Å². The van der Waals surface area contributed by atoms with Gasteiger partial charge in [-0.05, 0) is 31.0 Å². The molecule has 4 N–H and O–H groups in total. The zero-order valence-electron chi connectivity index (χ0n) is 13.5. The molecular formula is C16H24BF2N3O. The minimum Gasteiger partial charge on any atom is -0.355 e. The molecule has 1 unspecified atom stereocenters. The van der Waals surface area contributed by atoms with Crippen molar-refractivity contribution in [2.24, 2.45) is 5.73 Å². The van der Waals surface area contributed by atoms with Crippen LogP contribution in [0.25, 0.3) is 0 Å². The van der Waals surface area contributed by atoms with Gasteiger partial charge in [-0.2, -0.15) is 0 Å². The molecule has 0 aliphatic heterocycles. The standard InChI is InChI=1S/C16H24BF2N3O/c1-2-3-4-6-22-16(23)14(20)5-7-21-10-11-8-12(17)15(19)13(18)9-11/h8-9,14,21H,2-7,10,20H2,1H3,(H,22,23). The Balaban J connectivity index is 2.25. The van der Waals surface area contributed by atoms with E-state index in [0.29, 0.717) is 31.6 Å². The fourth-order valence-electron chi connectivity index (χ4n) is 2.11. The van der Waals surface area contributed by atoms with Gasteiger partial charge in [-0.15, -0.1) is 0 Å². The van der Waals surface area contributed by atoms with Gasteiger partial charge in [-0.25, -0.2) is 8.78 Å². The molecule has 0 bridgehead atoms. The number of halogens is 2. The highest BCUT2D eigenvalue weighted by molar-refractivity contribution is 6.32. The van der Waals surface area contributed by atoms with Crippen molar-refractivity contribution in [2.75, 3.05) is 13.1 Å². The van der Waals surface area contributed by atoms with Crippen LogP contribution in [0.4, 0.5) is 8.78 Å². The summed E-state index contributed by atoms with van der Waals surface area (Å²) in [6.45, 7) is 3.55. The molecule has 0 aliphatic carbocycles. The predicted molar refractivity (Wildman–Crippen MR) is 88.6 cm³/mol. The van der Waals surface area contributed by atoms with Gasteiger partial charge in [-0.3, -0.25) is 4.79 Å². The molecule has 1 aromatic rings. The lowest BCUT2D eigenvalue weighted by atomic mass is 9.93. The minimum atomic E-state index is -1.03. The molecule has 0 spiro atoms. The maximum absolute atomic E-state index is 13.2. The first-order valence-corrected chi connectivity index (χ1v) is 7.93. The van der Waals surface area contributed by atoms with Crippen LogP contribution in [0.5, 0.6) is 0 Å². The molecule has 2 radical (unpaired) electrons. The van der Waals surface area contributed by atoms with Crippen molar-refractivity contribution in [3.05, 3.63) is 29.3 Å². The van der Waals surface area contributed by atoms with Crippen LogP contribution >= 0.6 is 0 Å². The smallest absolute Gasteiger partial charge is 0.236 e. The lowest BCUT2D eigenvalue weighted by Crippen LogP contribution is -2.42. The molecule has 0 saturated carbocycles. The number of nitrogens with two attached hydrogens (primary N) is 1. The molecule has 23 heavy (non-hydrogen) atoms. The van der Waals surface area contributed by atoms with E-state index in [-0.39, 0.29) is 11.4 Å². The molecule has 7 heteroatoms. The molecule has 4 nitrogen and oxygen atoms in total. The van der Waals surface area contributed by atoms with Crippen LogP contribution in [-0.2, 0) is 11.3 Å². The topological polar surface area (TPSA) is 67.1 Å². The van der Waals surface area contributed by atoms with E-state index >= 15 is 0 Å². The van der Waals surface area contributed by atoms with E-state index in [1.54, 1.807) is 0 Å². The van der Waals surface area contributed by atoms with Crippen molar-refractivity contribution in [1.82, 2.24) is 10.6 Å². The molecule has 0 heterocycles. The van der Waals surface area contributed by atoms with Crippen molar-refractivity contribution in [2.45, 2.75) is 45.2 Å². The molecular weight excluding hydrogens is 299 g/mol. The fraction of sp³-hybridized carbons (Fsp3) is 0.562. The first-order chi connectivity index (χ1) is 11.0. The third kappa shape index (κ3) is 7.09. The second kappa shape index (κ2) is 10.3. The Morgan fingerprint density at radius 1 is 1.30 bits per heavy atom. The monoisotopic (exact) mass is 323 g/mol. The third-order valence-corrected chi connectivity index (χ3v) is 3.49. The molecule has 126 valence electrons. The maximum atomic E-state index is 13.2. The van der Waals surface area contributed by atoms with E-state index in [2.05, 4.69) is 17.6 Å². The molecule has 0 aromatic heterocycles. The van der Waals surface area contributed by atoms with Gasteiger partial charge in [0.2, 0.25) is 5.91 Å². The predicted octanol–water partition coefficient (Wildman–Crippen LogP) is 0.872. The van der Waals surface area contributed by atoms with Gasteiger partial charge in [-0.1, -0.05) is 31.3 Å². The summed E-state index contributed by atoms with van der Waals surface area (Å²) in [6.07, 6.45) is 3.58. The number of rotatable bonds is 10. The lowest BCUT2D eigenvalue weighted by molar-refractivity contribution is -0.122. The summed E-state index contributed by atoms with van der Waals surface area (Å²) in [4.78, 5) is 11.7. The SMILES string of the molecule is [B]c1cc(CNCCC(N)C(=O)NCCCCC)cc(F)c1F. The second-order valence-corrected chi connectivity index (χ2v) is 5.55. The summed E-state index contributed by atoms with van der Waals surface area (Å²) < 4.78 is 26.3.